The highest BCUT2D eigenvalue weighted by atomic mass is 35.5. The average molecular weight is 365 g/mol. The normalized spacial score (nSPS) is 10.9. The summed E-state index contributed by atoms with van der Waals surface area (Å²) in [5.41, 5.74) is 2.50. The van der Waals surface area contributed by atoms with Crippen LogP contribution in [0.4, 0.5) is 5.95 Å². The second-order valence-corrected chi connectivity index (χ2v) is 7.59. The Bertz CT molecular complexity index is 861. The van der Waals surface area contributed by atoms with Crippen molar-refractivity contribution in [3.8, 4) is 0 Å². The van der Waals surface area contributed by atoms with Crippen LogP contribution < -0.4 is 5.32 Å². The zero-order valence-electron chi connectivity index (χ0n) is 12.5. The summed E-state index contributed by atoms with van der Waals surface area (Å²) >= 11 is 8.88. The minimum Gasteiger partial charge on any atom is -0.294 e. The van der Waals surface area contributed by atoms with E-state index in [0.29, 0.717) is 11.0 Å². The van der Waals surface area contributed by atoms with Gasteiger partial charge in [-0.3, -0.25) is 10.1 Å². The van der Waals surface area contributed by atoms with Crippen LogP contribution in [-0.4, -0.2) is 26.6 Å². The summed E-state index contributed by atoms with van der Waals surface area (Å²) in [4.78, 5) is 24.9. The highest BCUT2D eigenvalue weighted by Crippen LogP contribution is 2.30. The van der Waals surface area contributed by atoms with E-state index < -0.39 is 0 Å². The lowest BCUT2D eigenvalue weighted by Crippen LogP contribution is -2.16. The van der Waals surface area contributed by atoms with Crippen LogP contribution in [0.3, 0.4) is 0 Å². The summed E-state index contributed by atoms with van der Waals surface area (Å²) in [5, 5.41) is 3.37. The van der Waals surface area contributed by atoms with Crippen LogP contribution in [-0.2, 0) is 4.79 Å². The molecule has 0 aliphatic rings. The number of rotatable bonds is 4. The second-order valence-electron chi connectivity index (χ2n) is 4.90. The number of halogens is 1. The molecule has 1 aromatic carbocycles. The number of thiazole rings is 1. The maximum atomic E-state index is 12.0. The van der Waals surface area contributed by atoms with Gasteiger partial charge in [0.2, 0.25) is 11.9 Å². The van der Waals surface area contributed by atoms with Crippen molar-refractivity contribution in [1.29, 1.82) is 0 Å². The number of aromatic nitrogens is 3. The molecule has 3 rings (SSSR count). The first-order valence-electron chi connectivity index (χ1n) is 6.80. The molecule has 0 aliphatic heterocycles. The predicted octanol–water partition coefficient (Wildman–Crippen LogP) is 4.09. The maximum absolute atomic E-state index is 12.0. The molecule has 0 aliphatic carbocycles. The highest BCUT2D eigenvalue weighted by Gasteiger charge is 2.10. The van der Waals surface area contributed by atoms with E-state index in [1.807, 2.05) is 38.1 Å². The van der Waals surface area contributed by atoms with Gasteiger partial charge in [-0.15, -0.1) is 11.3 Å². The van der Waals surface area contributed by atoms with E-state index in [-0.39, 0.29) is 11.7 Å². The molecule has 0 atom stereocenters. The topological polar surface area (TPSA) is 67.8 Å². The van der Waals surface area contributed by atoms with Crippen molar-refractivity contribution in [2.24, 2.45) is 0 Å². The third kappa shape index (κ3) is 4.19. The molecule has 3 aromatic rings. The number of nitrogens with one attached hydrogen (secondary N) is 1. The summed E-state index contributed by atoms with van der Waals surface area (Å²) < 4.78 is 1.88. The van der Waals surface area contributed by atoms with Crippen LogP contribution in [0.2, 0.25) is 5.02 Å². The number of thioether (sulfide) groups is 1. The van der Waals surface area contributed by atoms with E-state index >= 15 is 0 Å². The number of fused-ring (bicyclic) bond motifs is 1. The predicted molar refractivity (Wildman–Crippen MR) is 95.5 cm³/mol. The standard InChI is InChI=1S/C15H13ClN4OS2/c1-8-5-9(2)18-14(17-8)20-13(21)7-22-15-19-11-6-10(16)3-4-12(11)23-15/h3-6H,7H2,1-2H3,(H,17,18,20,21). The molecule has 118 valence electrons. The van der Waals surface area contributed by atoms with Crippen LogP contribution >= 0.6 is 34.7 Å². The summed E-state index contributed by atoms with van der Waals surface area (Å²) in [6.07, 6.45) is 0. The number of anilines is 1. The zero-order chi connectivity index (χ0) is 16.4. The molecular formula is C15H13ClN4OS2. The lowest BCUT2D eigenvalue weighted by atomic mass is 10.3. The summed E-state index contributed by atoms with van der Waals surface area (Å²) in [6.45, 7) is 3.73. The first-order chi connectivity index (χ1) is 11.0. The molecule has 2 heterocycles. The molecule has 0 saturated heterocycles. The molecule has 1 amide bonds. The van der Waals surface area contributed by atoms with Gasteiger partial charge in [-0.25, -0.2) is 15.0 Å². The van der Waals surface area contributed by atoms with Crippen molar-refractivity contribution in [2.45, 2.75) is 18.2 Å². The lowest BCUT2D eigenvalue weighted by Gasteiger charge is -2.04. The number of hydrogen-bond acceptors (Lipinski definition) is 6. The van der Waals surface area contributed by atoms with Gasteiger partial charge in [-0.05, 0) is 38.1 Å². The molecule has 0 radical (unpaired) electrons. The Labute approximate surface area is 146 Å². The molecule has 2 aromatic heterocycles. The van der Waals surface area contributed by atoms with Crippen molar-refractivity contribution in [3.05, 3.63) is 40.7 Å². The quantitative estimate of drug-likeness (QED) is 0.706. The first-order valence-corrected chi connectivity index (χ1v) is 8.98. The molecule has 0 saturated carbocycles. The smallest absolute Gasteiger partial charge is 0.237 e. The number of carbonyl (C=O) groups excluding carboxylic acids is 1. The lowest BCUT2D eigenvalue weighted by molar-refractivity contribution is -0.113. The average Bonchev–Trinajstić information content (AvgIpc) is 2.86. The van der Waals surface area contributed by atoms with Crippen LogP contribution in [0.15, 0.2) is 28.6 Å². The number of aryl methyl sites for hydroxylation is 2. The van der Waals surface area contributed by atoms with E-state index in [9.17, 15) is 4.79 Å². The molecule has 0 fully saturated rings. The highest BCUT2D eigenvalue weighted by molar-refractivity contribution is 8.01. The van der Waals surface area contributed by atoms with Gasteiger partial charge in [0.05, 0.1) is 16.0 Å². The van der Waals surface area contributed by atoms with Gasteiger partial charge in [0.1, 0.15) is 0 Å². The van der Waals surface area contributed by atoms with Crippen molar-refractivity contribution >= 4 is 56.8 Å². The van der Waals surface area contributed by atoms with Crippen molar-refractivity contribution in [1.82, 2.24) is 15.0 Å². The number of amides is 1. The summed E-state index contributed by atoms with van der Waals surface area (Å²) in [5.74, 6) is 0.436. The molecule has 0 spiro atoms. The largest absolute Gasteiger partial charge is 0.294 e. The Kier molecular flexibility index (Phi) is 4.79. The SMILES string of the molecule is Cc1cc(C)nc(NC(=O)CSc2nc3cc(Cl)ccc3s2)n1. The van der Waals surface area contributed by atoms with Gasteiger partial charge < -0.3 is 0 Å². The van der Waals surface area contributed by atoms with Gasteiger partial charge in [-0.2, -0.15) is 0 Å². The first kappa shape index (κ1) is 16.2. The number of nitrogens with zero attached hydrogens (tertiary/aromatic N) is 3. The van der Waals surface area contributed by atoms with E-state index in [1.54, 1.807) is 11.3 Å². The monoisotopic (exact) mass is 364 g/mol. The Balaban J connectivity index is 1.63. The second kappa shape index (κ2) is 6.82. The number of hydrogen-bond donors (Lipinski definition) is 1. The number of benzene rings is 1. The van der Waals surface area contributed by atoms with Gasteiger partial charge in [0, 0.05) is 16.4 Å². The van der Waals surface area contributed by atoms with Crippen molar-refractivity contribution < 1.29 is 4.79 Å². The van der Waals surface area contributed by atoms with Gasteiger partial charge in [0.25, 0.3) is 0 Å². The molecule has 0 bridgehead atoms. The van der Waals surface area contributed by atoms with Gasteiger partial charge in [-0.1, -0.05) is 23.4 Å². The van der Waals surface area contributed by atoms with Crippen LogP contribution in [0.25, 0.3) is 10.2 Å². The fourth-order valence-electron chi connectivity index (χ4n) is 2.01. The fourth-order valence-corrected chi connectivity index (χ4v) is 4.03. The Morgan fingerprint density at radius 2 is 1.96 bits per heavy atom. The molecule has 0 unspecified atom stereocenters. The Morgan fingerprint density at radius 3 is 2.70 bits per heavy atom. The third-order valence-corrected chi connectivity index (χ3v) is 5.30. The van der Waals surface area contributed by atoms with Crippen molar-refractivity contribution in [3.63, 3.8) is 0 Å². The van der Waals surface area contributed by atoms with Crippen LogP contribution in [0, 0.1) is 13.8 Å². The van der Waals surface area contributed by atoms with E-state index in [2.05, 4.69) is 20.3 Å². The minimum absolute atomic E-state index is 0.155. The zero-order valence-corrected chi connectivity index (χ0v) is 14.8. The summed E-state index contributed by atoms with van der Waals surface area (Å²) in [6, 6.07) is 7.45. The van der Waals surface area contributed by atoms with Crippen LogP contribution in [0.5, 0.6) is 0 Å². The number of carbonyl (C=O) groups is 1. The Hall–Kier alpha value is -1.70. The van der Waals surface area contributed by atoms with E-state index in [4.69, 9.17) is 11.6 Å². The van der Waals surface area contributed by atoms with Crippen molar-refractivity contribution in [2.75, 3.05) is 11.1 Å². The molecule has 23 heavy (non-hydrogen) atoms. The van der Waals surface area contributed by atoms with E-state index in [1.165, 1.54) is 11.8 Å². The molecular weight excluding hydrogens is 352 g/mol. The third-order valence-electron chi connectivity index (χ3n) is 2.89. The van der Waals surface area contributed by atoms with Gasteiger partial charge in [0.15, 0.2) is 4.34 Å². The molecule has 5 nitrogen and oxygen atoms in total. The molecule has 1 N–H and O–H groups in total. The maximum Gasteiger partial charge on any atom is 0.237 e. The van der Waals surface area contributed by atoms with Gasteiger partial charge >= 0.3 is 0 Å². The Morgan fingerprint density at radius 1 is 1.22 bits per heavy atom. The summed E-state index contributed by atoms with van der Waals surface area (Å²) in [7, 11) is 0. The fraction of sp³-hybridized carbons (Fsp3) is 0.200. The molecule has 8 heteroatoms. The minimum atomic E-state index is -0.155. The van der Waals surface area contributed by atoms with Crippen LogP contribution in [0.1, 0.15) is 11.4 Å². The van der Waals surface area contributed by atoms with E-state index in [0.717, 1.165) is 25.9 Å².